The zero-order valence-corrected chi connectivity index (χ0v) is 12.9. The third kappa shape index (κ3) is 5.06. The molecule has 0 radical (unpaired) electrons. The van der Waals surface area contributed by atoms with Crippen molar-refractivity contribution in [2.75, 3.05) is 32.4 Å². The molecule has 2 unspecified atom stereocenters. The fourth-order valence-electron chi connectivity index (χ4n) is 1.98. The lowest BCUT2D eigenvalue weighted by Gasteiger charge is -2.35. The molecule has 0 saturated carbocycles. The second-order valence-corrected chi connectivity index (χ2v) is 6.24. The van der Waals surface area contributed by atoms with Gasteiger partial charge in [0.25, 0.3) is 0 Å². The Kier molecular flexibility index (Phi) is 8.25. The average Bonchev–Trinajstić information content (AvgIpc) is 2.28. The van der Waals surface area contributed by atoms with Gasteiger partial charge in [-0.25, -0.2) is 0 Å². The van der Waals surface area contributed by atoms with Gasteiger partial charge in [-0.15, -0.1) is 12.4 Å². The minimum atomic E-state index is 0. The van der Waals surface area contributed by atoms with E-state index in [4.69, 9.17) is 0 Å². The summed E-state index contributed by atoms with van der Waals surface area (Å²) in [6.07, 6.45) is 0. The molecule has 1 heterocycles. The maximum atomic E-state index is 12.1. The lowest BCUT2D eigenvalue weighted by atomic mass is 10.1. The van der Waals surface area contributed by atoms with Crippen LogP contribution >= 0.6 is 24.2 Å². The highest BCUT2D eigenvalue weighted by atomic mass is 35.5. The summed E-state index contributed by atoms with van der Waals surface area (Å²) < 4.78 is 0. The van der Waals surface area contributed by atoms with Crippen LogP contribution in [0.25, 0.3) is 0 Å². The third-order valence-corrected chi connectivity index (χ3v) is 4.62. The van der Waals surface area contributed by atoms with Gasteiger partial charge in [-0.1, -0.05) is 20.8 Å². The number of amides is 1. The van der Waals surface area contributed by atoms with Crippen LogP contribution in [-0.2, 0) is 4.79 Å². The van der Waals surface area contributed by atoms with Crippen molar-refractivity contribution in [3.63, 3.8) is 0 Å². The number of nitrogens with one attached hydrogen (secondary N) is 1. The van der Waals surface area contributed by atoms with Crippen molar-refractivity contribution in [1.82, 2.24) is 10.2 Å². The van der Waals surface area contributed by atoms with E-state index in [-0.39, 0.29) is 18.3 Å². The second-order valence-electron chi connectivity index (χ2n) is 4.90. The maximum absolute atomic E-state index is 12.1. The Labute approximate surface area is 115 Å². The summed E-state index contributed by atoms with van der Waals surface area (Å²) in [4.78, 5) is 14.2. The van der Waals surface area contributed by atoms with Crippen LogP contribution in [-0.4, -0.2) is 48.5 Å². The first-order valence-corrected chi connectivity index (χ1v) is 7.16. The van der Waals surface area contributed by atoms with Crippen LogP contribution in [0.4, 0.5) is 0 Å². The summed E-state index contributed by atoms with van der Waals surface area (Å²) in [5.74, 6) is 2.14. The molecule has 0 aliphatic carbocycles. The van der Waals surface area contributed by atoms with E-state index in [1.807, 2.05) is 30.6 Å². The Hall–Kier alpha value is 0.0700. The van der Waals surface area contributed by atoms with Gasteiger partial charge in [-0.2, -0.15) is 11.8 Å². The molecule has 0 bridgehead atoms. The molecule has 1 rings (SSSR count). The summed E-state index contributed by atoms with van der Waals surface area (Å²) >= 11 is 2.01. The Bertz CT molecular complexity index is 239. The Morgan fingerprint density at radius 1 is 1.47 bits per heavy atom. The van der Waals surface area contributed by atoms with E-state index in [1.165, 1.54) is 0 Å². The molecule has 1 saturated heterocycles. The molecule has 0 aromatic carbocycles. The van der Waals surface area contributed by atoms with E-state index >= 15 is 0 Å². The smallest absolute Gasteiger partial charge is 0.226 e. The molecule has 1 aliphatic heterocycles. The van der Waals surface area contributed by atoms with Crippen LogP contribution in [0, 0.1) is 11.8 Å². The molecule has 1 fully saturated rings. The minimum Gasteiger partial charge on any atom is -0.340 e. The van der Waals surface area contributed by atoms with E-state index in [1.54, 1.807) is 0 Å². The predicted octanol–water partition coefficient (Wildman–Crippen LogP) is 1.86. The number of rotatable bonds is 4. The quantitative estimate of drug-likeness (QED) is 0.853. The monoisotopic (exact) mass is 280 g/mol. The zero-order chi connectivity index (χ0) is 12.1. The van der Waals surface area contributed by atoms with E-state index < -0.39 is 0 Å². The minimum absolute atomic E-state index is 0. The molecule has 1 N–H and O–H groups in total. The fourth-order valence-corrected chi connectivity index (χ4v) is 3.28. The SMILES string of the molecule is CNCC(C)C(=O)N1CCSC(C(C)C)C1.Cl. The van der Waals surface area contributed by atoms with E-state index in [0.717, 1.165) is 25.4 Å². The number of carbonyl (C=O) groups excluding carboxylic acids is 1. The molecule has 0 aromatic heterocycles. The lowest BCUT2D eigenvalue weighted by molar-refractivity contribution is -0.134. The maximum Gasteiger partial charge on any atom is 0.226 e. The molecule has 0 spiro atoms. The number of hydrogen-bond donors (Lipinski definition) is 1. The summed E-state index contributed by atoms with van der Waals surface area (Å²) in [5.41, 5.74) is 0. The molecule has 5 heteroatoms. The molecule has 102 valence electrons. The van der Waals surface area contributed by atoms with Gasteiger partial charge in [0.2, 0.25) is 5.91 Å². The van der Waals surface area contributed by atoms with Gasteiger partial charge in [0.15, 0.2) is 0 Å². The summed E-state index contributed by atoms with van der Waals surface area (Å²) in [7, 11) is 1.90. The lowest BCUT2D eigenvalue weighted by Crippen LogP contribution is -2.46. The molecule has 0 aromatic rings. The normalized spacial score (nSPS) is 22.2. The second kappa shape index (κ2) is 8.22. The highest BCUT2D eigenvalue weighted by Gasteiger charge is 2.28. The van der Waals surface area contributed by atoms with Crippen LogP contribution in [0.15, 0.2) is 0 Å². The van der Waals surface area contributed by atoms with Crippen molar-refractivity contribution >= 4 is 30.1 Å². The van der Waals surface area contributed by atoms with Crippen LogP contribution < -0.4 is 5.32 Å². The molecular weight excluding hydrogens is 256 g/mol. The zero-order valence-electron chi connectivity index (χ0n) is 11.2. The molecule has 17 heavy (non-hydrogen) atoms. The predicted molar refractivity (Wildman–Crippen MR) is 78.0 cm³/mol. The number of thioether (sulfide) groups is 1. The number of halogens is 1. The molecule has 1 amide bonds. The van der Waals surface area contributed by atoms with Crippen LogP contribution in [0.1, 0.15) is 20.8 Å². The third-order valence-electron chi connectivity index (χ3n) is 3.08. The van der Waals surface area contributed by atoms with Crippen molar-refractivity contribution in [3.05, 3.63) is 0 Å². The van der Waals surface area contributed by atoms with Gasteiger partial charge in [-0.05, 0) is 13.0 Å². The average molecular weight is 281 g/mol. The highest BCUT2D eigenvalue weighted by molar-refractivity contribution is 8.00. The summed E-state index contributed by atoms with van der Waals surface area (Å²) in [6, 6.07) is 0. The van der Waals surface area contributed by atoms with Crippen LogP contribution in [0.2, 0.25) is 0 Å². The molecule has 1 aliphatic rings. The summed E-state index contributed by atoms with van der Waals surface area (Å²) in [6.45, 7) is 9.10. The van der Waals surface area contributed by atoms with Gasteiger partial charge < -0.3 is 10.2 Å². The van der Waals surface area contributed by atoms with Crippen LogP contribution in [0.5, 0.6) is 0 Å². The van der Waals surface area contributed by atoms with Crippen molar-refractivity contribution < 1.29 is 4.79 Å². The fraction of sp³-hybridized carbons (Fsp3) is 0.917. The Balaban J connectivity index is 0.00000256. The largest absolute Gasteiger partial charge is 0.340 e. The highest BCUT2D eigenvalue weighted by Crippen LogP contribution is 2.25. The topological polar surface area (TPSA) is 32.3 Å². The van der Waals surface area contributed by atoms with E-state index in [9.17, 15) is 4.79 Å². The van der Waals surface area contributed by atoms with Gasteiger partial charge in [-0.3, -0.25) is 4.79 Å². The molecular formula is C12H25ClN2OS. The van der Waals surface area contributed by atoms with Gasteiger partial charge in [0.05, 0.1) is 0 Å². The van der Waals surface area contributed by atoms with E-state index in [0.29, 0.717) is 17.1 Å². The van der Waals surface area contributed by atoms with Crippen molar-refractivity contribution in [2.45, 2.75) is 26.0 Å². The first-order chi connectivity index (χ1) is 7.56. The van der Waals surface area contributed by atoms with Gasteiger partial charge in [0.1, 0.15) is 0 Å². The van der Waals surface area contributed by atoms with Crippen molar-refractivity contribution in [3.8, 4) is 0 Å². The Morgan fingerprint density at radius 3 is 2.65 bits per heavy atom. The summed E-state index contributed by atoms with van der Waals surface area (Å²) in [5, 5.41) is 3.68. The van der Waals surface area contributed by atoms with Crippen molar-refractivity contribution in [2.24, 2.45) is 11.8 Å². The number of hydrogen-bond acceptors (Lipinski definition) is 3. The van der Waals surface area contributed by atoms with Crippen molar-refractivity contribution in [1.29, 1.82) is 0 Å². The van der Waals surface area contributed by atoms with Gasteiger partial charge >= 0.3 is 0 Å². The van der Waals surface area contributed by atoms with Gasteiger partial charge in [0, 0.05) is 36.6 Å². The molecule has 2 atom stereocenters. The van der Waals surface area contributed by atoms with Crippen LogP contribution in [0.3, 0.4) is 0 Å². The first-order valence-electron chi connectivity index (χ1n) is 6.11. The van der Waals surface area contributed by atoms with E-state index in [2.05, 4.69) is 19.2 Å². The standard InChI is InChI=1S/C12H24N2OS.ClH/c1-9(2)11-8-14(5-6-16-11)12(15)10(3)7-13-4;/h9-11,13H,5-8H2,1-4H3;1H. The Morgan fingerprint density at radius 2 is 2.12 bits per heavy atom. The molecule has 3 nitrogen and oxygen atoms in total. The number of carbonyl (C=O) groups is 1. The first kappa shape index (κ1) is 17.1. The number of nitrogens with zero attached hydrogens (tertiary/aromatic N) is 1.